The van der Waals surface area contributed by atoms with Crippen LogP contribution >= 0.6 is 0 Å². The van der Waals surface area contributed by atoms with Gasteiger partial charge in [-0.25, -0.2) is 0 Å². The van der Waals surface area contributed by atoms with E-state index in [4.69, 9.17) is 9.40 Å². The Bertz CT molecular complexity index is 1940. The summed E-state index contributed by atoms with van der Waals surface area (Å²) in [6.45, 7) is 0. The van der Waals surface area contributed by atoms with Gasteiger partial charge in [0.25, 0.3) is 0 Å². The molecule has 0 amide bonds. The molecule has 1 N–H and O–H groups in total. The standard InChI is InChI=1S/C31H20N3O2.Pt/c1-34-18-25(21-10-6-9-20(15-21)24-16-19-7-2-3-8-22(19)17-32-24)33-31(34)30-26(35)13-14-28-29(30)23-11-4-5-12-27(23)36-28;/h2-14,16-18,35H,1H3;/q-1;. The number of aromatic hydroxyl groups is 1. The first-order valence-corrected chi connectivity index (χ1v) is 11.7. The third-order valence-corrected chi connectivity index (χ3v) is 6.60. The zero-order valence-corrected chi connectivity index (χ0v) is 22.0. The molecule has 182 valence electrons. The molecule has 37 heavy (non-hydrogen) atoms. The number of furan rings is 1. The zero-order valence-electron chi connectivity index (χ0n) is 19.8. The molecule has 0 aliphatic carbocycles. The molecule has 0 aliphatic heterocycles. The van der Waals surface area contributed by atoms with Gasteiger partial charge in [0.05, 0.1) is 5.56 Å². The van der Waals surface area contributed by atoms with Crippen molar-refractivity contribution in [3.63, 3.8) is 0 Å². The number of nitrogens with zero attached hydrogens (tertiary/aromatic N) is 3. The van der Waals surface area contributed by atoms with Crippen LogP contribution in [0, 0.1) is 6.07 Å². The average molecular weight is 662 g/mol. The van der Waals surface area contributed by atoms with Crippen LogP contribution < -0.4 is 0 Å². The minimum Gasteiger partial charge on any atom is -0.507 e. The normalized spacial score (nSPS) is 11.3. The van der Waals surface area contributed by atoms with Crippen LogP contribution in [0.25, 0.3) is 66.6 Å². The van der Waals surface area contributed by atoms with E-state index in [1.807, 2.05) is 78.6 Å². The van der Waals surface area contributed by atoms with E-state index >= 15 is 0 Å². The first-order chi connectivity index (χ1) is 17.7. The number of fused-ring (bicyclic) bond motifs is 4. The fourth-order valence-electron chi connectivity index (χ4n) is 4.86. The van der Waals surface area contributed by atoms with Crippen LogP contribution in [0.1, 0.15) is 0 Å². The molecule has 7 rings (SSSR count). The van der Waals surface area contributed by atoms with Gasteiger partial charge in [-0.05, 0) is 35.2 Å². The summed E-state index contributed by atoms with van der Waals surface area (Å²) >= 11 is 0. The van der Waals surface area contributed by atoms with Gasteiger partial charge in [-0.15, -0.1) is 24.3 Å². The molecule has 0 unspecified atom stereocenters. The number of phenols is 1. The van der Waals surface area contributed by atoms with Crippen molar-refractivity contribution in [2.45, 2.75) is 0 Å². The van der Waals surface area contributed by atoms with Crippen LogP contribution in [-0.4, -0.2) is 19.6 Å². The SMILES string of the molecule is Cn1cc(-c2[c-]c(-c3cc4ccccc4cn3)ccc2)nc1-c1c(O)ccc2oc3ccccc3c12.[Pt]. The van der Waals surface area contributed by atoms with Crippen LogP contribution in [0.5, 0.6) is 5.75 Å². The largest absolute Gasteiger partial charge is 0.507 e. The number of para-hydroxylation sites is 1. The summed E-state index contributed by atoms with van der Waals surface area (Å²) in [7, 11) is 1.93. The van der Waals surface area contributed by atoms with Gasteiger partial charge in [0.15, 0.2) is 0 Å². The number of aromatic nitrogens is 3. The number of hydrogen-bond donors (Lipinski definition) is 1. The Labute approximate surface area is 227 Å². The van der Waals surface area contributed by atoms with Crippen molar-refractivity contribution in [2.75, 3.05) is 0 Å². The molecule has 3 aromatic heterocycles. The zero-order chi connectivity index (χ0) is 24.2. The second-order valence-corrected chi connectivity index (χ2v) is 8.89. The van der Waals surface area contributed by atoms with Crippen LogP contribution in [0.15, 0.2) is 102 Å². The summed E-state index contributed by atoms with van der Waals surface area (Å²) in [6, 6.07) is 31.0. The third kappa shape index (κ3) is 3.83. The molecule has 6 heteroatoms. The number of aryl methyl sites for hydroxylation is 1. The fraction of sp³-hybridized carbons (Fsp3) is 0.0323. The number of hydrogen-bond acceptors (Lipinski definition) is 4. The molecule has 0 radical (unpaired) electrons. The summed E-state index contributed by atoms with van der Waals surface area (Å²) in [6.07, 6.45) is 3.85. The molecule has 0 fully saturated rings. The number of pyridine rings is 1. The van der Waals surface area contributed by atoms with Gasteiger partial charge in [0.1, 0.15) is 22.7 Å². The summed E-state index contributed by atoms with van der Waals surface area (Å²) in [5, 5.41) is 14.9. The fourth-order valence-corrected chi connectivity index (χ4v) is 4.86. The van der Waals surface area contributed by atoms with Crippen molar-refractivity contribution in [3.8, 4) is 39.7 Å². The van der Waals surface area contributed by atoms with Gasteiger partial charge in [-0.2, -0.15) is 0 Å². The first-order valence-electron chi connectivity index (χ1n) is 11.7. The number of benzene rings is 4. The molecule has 0 aliphatic rings. The topological polar surface area (TPSA) is 64.1 Å². The Kier molecular flexibility index (Phi) is 5.66. The maximum Gasteiger partial charge on any atom is 0.136 e. The minimum atomic E-state index is 0. The van der Waals surface area contributed by atoms with E-state index in [0.717, 1.165) is 49.6 Å². The van der Waals surface area contributed by atoms with E-state index in [2.05, 4.69) is 29.2 Å². The van der Waals surface area contributed by atoms with Crippen molar-refractivity contribution in [2.24, 2.45) is 7.05 Å². The van der Waals surface area contributed by atoms with Crippen molar-refractivity contribution in [1.29, 1.82) is 0 Å². The van der Waals surface area contributed by atoms with Crippen molar-refractivity contribution < 1.29 is 30.6 Å². The summed E-state index contributed by atoms with van der Waals surface area (Å²) in [4.78, 5) is 9.59. The van der Waals surface area contributed by atoms with Crippen molar-refractivity contribution in [3.05, 3.63) is 103 Å². The minimum absolute atomic E-state index is 0. The molecule has 0 bridgehead atoms. The Balaban J connectivity index is 0.00000252. The molecule has 4 aromatic carbocycles. The summed E-state index contributed by atoms with van der Waals surface area (Å²) in [5.74, 6) is 0.815. The smallest absolute Gasteiger partial charge is 0.136 e. The molecular weight excluding hydrogens is 641 g/mol. The van der Waals surface area contributed by atoms with E-state index in [1.54, 1.807) is 12.1 Å². The molecule has 3 heterocycles. The molecule has 0 saturated heterocycles. The Hall–Kier alpha value is -4.21. The predicted molar refractivity (Wildman–Crippen MR) is 143 cm³/mol. The second-order valence-electron chi connectivity index (χ2n) is 8.89. The molecule has 0 spiro atoms. The van der Waals surface area contributed by atoms with E-state index < -0.39 is 0 Å². The molecular formula is C31H20N3O2Pt-. The van der Waals surface area contributed by atoms with Crippen LogP contribution in [0.3, 0.4) is 0 Å². The van der Waals surface area contributed by atoms with Gasteiger partial charge < -0.3 is 14.1 Å². The maximum atomic E-state index is 10.9. The monoisotopic (exact) mass is 661 g/mol. The number of phenolic OH excluding ortho intramolecular Hbond substituents is 1. The van der Waals surface area contributed by atoms with Gasteiger partial charge >= 0.3 is 0 Å². The number of imidazole rings is 1. The number of rotatable bonds is 3. The first kappa shape index (κ1) is 23.2. The maximum absolute atomic E-state index is 10.9. The summed E-state index contributed by atoms with van der Waals surface area (Å²) in [5.41, 5.74) is 5.52. The van der Waals surface area contributed by atoms with E-state index in [0.29, 0.717) is 17.0 Å². The molecule has 0 saturated carbocycles. The average Bonchev–Trinajstić information content (AvgIpc) is 3.49. The van der Waals surface area contributed by atoms with E-state index in [9.17, 15) is 5.11 Å². The van der Waals surface area contributed by atoms with Crippen molar-refractivity contribution >= 4 is 32.7 Å². The van der Waals surface area contributed by atoms with Gasteiger partial charge in [-0.3, -0.25) is 9.97 Å². The van der Waals surface area contributed by atoms with Gasteiger partial charge in [-0.1, -0.05) is 59.7 Å². The molecule has 7 aromatic rings. The van der Waals surface area contributed by atoms with Crippen LogP contribution in [-0.2, 0) is 28.1 Å². The van der Waals surface area contributed by atoms with Crippen LogP contribution in [0.2, 0.25) is 0 Å². The van der Waals surface area contributed by atoms with Gasteiger partial charge in [0, 0.05) is 56.5 Å². The van der Waals surface area contributed by atoms with Crippen molar-refractivity contribution in [1.82, 2.24) is 14.5 Å². The van der Waals surface area contributed by atoms with E-state index in [-0.39, 0.29) is 26.8 Å². The Morgan fingerprint density at radius 1 is 0.811 bits per heavy atom. The predicted octanol–water partition coefficient (Wildman–Crippen LogP) is 7.37. The van der Waals surface area contributed by atoms with Crippen LogP contribution in [0.4, 0.5) is 0 Å². The quantitative estimate of drug-likeness (QED) is 0.201. The third-order valence-electron chi connectivity index (χ3n) is 6.60. The summed E-state index contributed by atoms with van der Waals surface area (Å²) < 4.78 is 7.97. The molecule has 0 atom stereocenters. The van der Waals surface area contributed by atoms with E-state index in [1.165, 1.54) is 0 Å². The Morgan fingerprint density at radius 3 is 2.43 bits per heavy atom. The van der Waals surface area contributed by atoms with Gasteiger partial charge in [0.2, 0.25) is 0 Å². The Morgan fingerprint density at radius 2 is 1.57 bits per heavy atom. The molecule has 5 nitrogen and oxygen atoms in total. The second kappa shape index (κ2) is 9.02.